The van der Waals surface area contributed by atoms with Crippen molar-refractivity contribution < 1.29 is 9.47 Å². The van der Waals surface area contributed by atoms with Crippen molar-refractivity contribution in [1.82, 2.24) is 10.2 Å². The molecular weight excluding hydrogens is 168 g/mol. The van der Waals surface area contributed by atoms with E-state index in [1.54, 1.807) is 0 Å². The fraction of sp³-hybridized carbons (Fsp3) is 1.00. The van der Waals surface area contributed by atoms with Crippen LogP contribution < -0.4 is 5.32 Å². The van der Waals surface area contributed by atoms with Gasteiger partial charge in [0, 0.05) is 19.6 Å². The maximum atomic E-state index is 5.57. The third kappa shape index (κ3) is 1.86. The molecule has 2 saturated heterocycles. The highest BCUT2D eigenvalue weighted by atomic mass is 16.5. The van der Waals surface area contributed by atoms with E-state index >= 15 is 0 Å². The van der Waals surface area contributed by atoms with Crippen molar-refractivity contribution in [2.75, 3.05) is 53.1 Å². The summed E-state index contributed by atoms with van der Waals surface area (Å²) in [7, 11) is 2.15. The van der Waals surface area contributed by atoms with Gasteiger partial charge in [-0.05, 0) is 7.05 Å². The van der Waals surface area contributed by atoms with Gasteiger partial charge in [-0.15, -0.1) is 0 Å². The second-order valence-corrected chi connectivity index (χ2v) is 3.93. The summed E-state index contributed by atoms with van der Waals surface area (Å²) in [4.78, 5) is 2.36. The van der Waals surface area contributed by atoms with Crippen molar-refractivity contribution in [2.24, 2.45) is 0 Å². The first kappa shape index (κ1) is 9.40. The summed E-state index contributed by atoms with van der Waals surface area (Å²) in [5.41, 5.74) is 0.0781. The molecule has 2 aliphatic heterocycles. The average molecular weight is 186 g/mol. The zero-order chi connectivity index (χ0) is 9.15. The molecule has 0 aromatic heterocycles. The summed E-state index contributed by atoms with van der Waals surface area (Å²) in [5, 5.41) is 3.39. The summed E-state index contributed by atoms with van der Waals surface area (Å²) in [6.07, 6.45) is 0. The summed E-state index contributed by atoms with van der Waals surface area (Å²) in [6.45, 7) is 6.17. The molecule has 1 spiro atoms. The molecule has 1 unspecified atom stereocenters. The van der Waals surface area contributed by atoms with Crippen LogP contribution in [-0.4, -0.2) is 63.5 Å². The minimum absolute atomic E-state index is 0.0781. The van der Waals surface area contributed by atoms with E-state index in [-0.39, 0.29) is 5.54 Å². The van der Waals surface area contributed by atoms with Crippen molar-refractivity contribution in [3.05, 3.63) is 0 Å². The molecule has 4 heteroatoms. The largest absolute Gasteiger partial charge is 0.378 e. The lowest BCUT2D eigenvalue weighted by atomic mass is 9.99. The maximum absolute atomic E-state index is 5.57. The fourth-order valence-electron chi connectivity index (χ4n) is 1.93. The topological polar surface area (TPSA) is 33.7 Å². The van der Waals surface area contributed by atoms with E-state index in [4.69, 9.17) is 9.47 Å². The van der Waals surface area contributed by atoms with Gasteiger partial charge in [0.05, 0.1) is 32.0 Å². The van der Waals surface area contributed by atoms with E-state index in [0.717, 1.165) is 46.1 Å². The Bertz CT molecular complexity index is 167. The Morgan fingerprint density at radius 3 is 2.77 bits per heavy atom. The Morgan fingerprint density at radius 1 is 1.23 bits per heavy atom. The van der Waals surface area contributed by atoms with Gasteiger partial charge >= 0.3 is 0 Å². The highest BCUT2D eigenvalue weighted by Gasteiger charge is 2.38. The van der Waals surface area contributed by atoms with Crippen LogP contribution in [0.25, 0.3) is 0 Å². The van der Waals surface area contributed by atoms with Crippen LogP contribution in [0.2, 0.25) is 0 Å². The van der Waals surface area contributed by atoms with Gasteiger partial charge in [0.15, 0.2) is 0 Å². The first-order chi connectivity index (χ1) is 6.33. The monoisotopic (exact) mass is 186 g/mol. The van der Waals surface area contributed by atoms with E-state index in [1.807, 2.05) is 0 Å². The number of nitrogens with one attached hydrogen (secondary N) is 1. The molecule has 4 nitrogen and oxygen atoms in total. The van der Waals surface area contributed by atoms with Crippen molar-refractivity contribution in [3.63, 3.8) is 0 Å². The van der Waals surface area contributed by atoms with Gasteiger partial charge in [-0.25, -0.2) is 0 Å². The van der Waals surface area contributed by atoms with E-state index in [0.29, 0.717) is 0 Å². The number of nitrogens with zero attached hydrogens (tertiary/aromatic N) is 1. The van der Waals surface area contributed by atoms with Crippen molar-refractivity contribution in [3.8, 4) is 0 Å². The molecular formula is C9H18N2O2. The lowest BCUT2D eigenvalue weighted by molar-refractivity contribution is -0.0831. The molecule has 1 N–H and O–H groups in total. The zero-order valence-corrected chi connectivity index (χ0v) is 8.21. The number of ether oxygens (including phenoxy) is 2. The van der Waals surface area contributed by atoms with Crippen molar-refractivity contribution in [1.29, 1.82) is 0 Å². The molecule has 1 atom stereocenters. The summed E-state index contributed by atoms with van der Waals surface area (Å²) < 4.78 is 11.1. The Hall–Kier alpha value is -0.160. The van der Waals surface area contributed by atoms with E-state index in [1.165, 1.54) is 0 Å². The smallest absolute Gasteiger partial charge is 0.0802 e. The molecule has 0 aromatic carbocycles. The lowest BCUT2D eigenvalue weighted by Crippen LogP contribution is -2.61. The van der Waals surface area contributed by atoms with Crippen LogP contribution in [0.15, 0.2) is 0 Å². The highest BCUT2D eigenvalue weighted by Crippen LogP contribution is 2.19. The second kappa shape index (κ2) is 3.92. The Kier molecular flexibility index (Phi) is 2.83. The molecule has 0 saturated carbocycles. The van der Waals surface area contributed by atoms with Crippen LogP contribution in [0.4, 0.5) is 0 Å². The number of rotatable bonds is 0. The first-order valence-electron chi connectivity index (χ1n) is 4.91. The van der Waals surface area contributed by atoms with Gasteiger partial charge in [-0.3, -0.25) is 4.90 Å². The van der Waals surface area contributed by atoms with Gasteiger partial charge < -0.3 is 14.8 Å². The lowest BCUT2D eigenvalue weighted by Gasteiger charge is -2.43. The van der Waals surface area contributed by atoms with Gasteiger partial charge in [0.25, 0.3) is 0 Å². The van der Waals surface area contributed by atoms with Gasteiger partial charge in [0.2, 0.25) is 0 Å². The molecule has 13 heavy (non-hydrogen) atoms. The summed E-state index contributed by atoms with van der Waals surface area (Å²) in [5.74, 6) is 0. The molecule has 0 amide bonds. The Morgan fingerprint density at radius 2 is 2.00 bits per heavy atom. The van der Waals surface area contributed by atoms with Crippen molar-refractivity contribution >= 4 is 0 Å². The first-order valence-corrected chi connectivity index (χ1v) is 4.91. The number of likely N-dealkylation sites (N-methyl/N-ethyl adjacent to an activating group) is 1. The minimum Gasteiger partial charge on any atom is -0.378 e. The normalized spacial score (nSPS) is 37.6. The van der Waals surface area contributed by atoms with Crippen LogP contribution in [0.5, 0.6) is 0 Å². The number of hydrogen-bond acceptors (Lipinski definition) is 4. The third-order valence-electron chi connectivity index (χ3n) is 3.00. The van der Waals surface area contributed by atoms with E-state index < -0.39 is 0 Å². The molecule has 76 valence electrons. The molecule has 2 heterocycles. The number of morpholine rings is 1. The van der Waals surface area contributed by atoms with E-state index in [2.05, 4.69) is 17.3 Å². The zero-order valence-electron chi connectivity index (χ0n) is 8.21. The third-order valence-corrected chi connectivity index (χ3v) is 3.00. The van der Waals surface area contributed by atoms with Crippen LogP contribution in [0, 0.1) is 0 Å². The van der Waals surface area contributed by atoms with Gasteiger partial charge in [-0.1, -0.05) is 0 Å². The molecule has 0 bridgehead atoms. The van der Waals surface area contributed by atoms with Crippen LogP contribution >= 0.6 is 0 Å². The van der Waals surface area contributed by atoms with Crippen LogP contribution in [-0.2, 0) is 9.47 Å². The summed E-state index contributed by atoms with van der Waals surface area (Å²) >= 11 is 0. The van der Waals surface area contributed by atoms with Crippen LogP contribution in [0.3, 0.4) is 0 Å². The quantitative estimate of drug-likeness (QED) is 0.543. The predicted molar refractivity (Wildman–Crippen MR) is 49.9 cm³/mol. The highest BCUT2D eigenvalue weighted by molar-refractivity contribution is 4.94. The molecule has 2 aliphatic rings. The maximum Gasteiger partial charge on any atom is 0.0802 e. The second-order valence-electron chi connectivity index (χ2n) is 3.93. The average Bonchev–Trinajstić information content (AvgIpc) is 2.37. The van der Waals surface area contributed by atoms with E-state index in [9.17, 15) is 0 Å². The molecule has 2 rings (SSSR count). The standard InChI is InChI=1S/C9H18N2O2/c1-11-3-5-13-8-9(11)6-10-2-4-12-7-9/h10H,2-8H2,1H3. The molecule has 0 radical (unpaired) electrons. The summed E-state index contributed by atoms with van der Waals surface area (Å²) in [6, 6.07) is 0. The predicted octanol–water partition coefficient (Wildman–Crippen LogP) is -0.693. The molecule has 0 aliphatic carbocycles. The van der Waals surface area contributed by atoms with Crippen molar-refractivity contribution in [2.45, 2.75) is 5.54 Å². The molecule has 0 aromatic rings. The van der Waals surface area contributed by atoms with Gasteiger partial charge in [-0.2, -0.15) is 0 Å². The Labute approximate surface area is 79.2 Å². The minimum atomic E-state index is 0.0781. The number of hydrogen-bond donors (Lipinski definition) is 1. The Balaban J connectivity index is 2.05. The molecule has 2 fully saturated rings. The fourth-order valence-corrected chi connectivity index (χ4v) is 1.93. The van der Waals surface area contributed by atoms with Crippen LogP contribution in [0.1, 0.15) is 0 Å². The SMILES string of the molecule is CN1CCOCC12CNCCOC2. The van der Waals surface area contributed by atoms with Gasteiger partial charge in [0.1, 0.15) is 0 Å².